The van der Waals surface area contributed by atoms with Crippen molar-refractivity contribution in [3.8, 4) is 0 Å². The highest BCUT2D eigenvalue weighted by Crippen LogP contribution is 2.30. The summed E-state index contributed by atoms with van der Waals surface area (Å²) in [5, 5.41) is 11.5. The number of alkyl halides is 3. The Morgan fingerprint density at radius 2 is 2.08 bits per heavy atom. The average molecular weight is 185 g/mol. The van der Waals surface area contributed by atoms with Gasteiger partial charge < -0.3 is 15.2 Å². The second-order valence-corrected chi connectivity index (χ2v) is 2.76. The van der Waals surface area contributed by atoms with Crippen molar-refractivity contribution in [2.75, 3.05) is 26.3 Å². The fourth-order valence-electron chi connectivity index (χ4n) is 0.914. The number of β-amino-alcohol motifs (C(OH)–C–C–N with tert-alkyl or cyclic N) is 1. The second-order valence-electron chi connectivity index (χ2n) is 2.76. The van der Waals surface area contributed by atoms with E-state index in [1.165, 1.54) is 0 Å². The lowest BCUT2D eigenvalue weighted by molar-refractivity contribution is -0.268. The molecule has 0 amide bonds. The lowest BCUT2D eigenvalue weighted by atomic mass is 10.1. The van der Waals surface area contributed by atoms with Gasteiger partial charge in [0.2, 0.25) is 0 Å². The highest BCUT2D eigenvalue weighted by molar-refractivity contribution is 4.89. The van der Waals surface area contributed by atoms with E-state index in [9.17, 15) is 13.2 Å². The summed E-state index contributed by atoms with van der Waals surface area (Å²) in [5.74, 6) is 0. The maximum absolute atomic E-state index is 12.1. The monoisotopic (exact) mass is 185 g/mol. The van der Waals surface area contributed by atoms with Gasteiger partial charge in [-0.1, -0.05) is 0 Å². The lowest BCUT2D eigenvalue weighted by Crippen LogP contribution is -2.54. The molecule has 1 heterocycles. The summed E-state index contributed by atoms with van der Waals surface area (Å²) in [7, 11) is 0. The van der Waals surface area contributed by atoms with Crippen LogP contribution in [0.5, 0.6) is 0 Å². The van der Waals surface area contributed by atoms with Crippen LogP contribution in [0.1, 0.15) is 0 Å². The topological polar surface area (TPSA) is 41.5 Å². The van der Waals surface area contributed by atoms with E-state index in [0.29, 0.717) is 6.54 Å². The van der Waals surface area contributed by atoms with Gasteiger partial charge in [0.15, 0.2) is 5.60 Å². The molecule has 1 rings (SSSR count). The largest absolute Gasteiger partial charge is 0.420 e. The zero-order valence-electron chi connectivity index (χ0n) is 6.32. The van der Waals surface area contributed by atoms with Crippen LogP contribution < -0.4 is 5.32 Å². The third-order valence-corrected chi connectivity index (χ3v) is 1.71. The minimum absolute atomic E-state index is 0.193. The van der Waals surface area contributed by atoms with Gasteiger partial charge in [-0.2, -0.15) is 13.2 Å². The molecular formula is C6H10F3NO2. The molecular weight excluding hydrogens is 175 g/mol. The zero-order valence-corrected chi connectivity index (χ0v) is 6.32. The summed E-state index contributed by atoms with van der Waals surface area (Å²) in [5.41, 5.74) is -2.73. The number of hydrogen-bond donors (Lipinski definition) is 2. The molecule has 1 saturated heterocycles. The van der Waals surface area contributed by atoms with Crippen LogP contribution in [0.2, 0.25) is 0 Å². The quantitative estimate of drug-likeness (QED) is 0.553. The lowest BCUT2D eigenvalue weighted by Gasteiger charge is -2.27. The number of nitrogens with one attached hydrogen (secondary N) is 1. The van der Waals surface area contributed by atoms with Gasteiger partial charge in [0.05, 0.1) is 13.2 Å². The molecule has 0 unspecified atom stereocenters. The van der Waals surface area contributed by atoms with Crippen LogP contribution in [0, 0.1) is 0 Å². The van der Waals surface area contributed by atoms with Gasteiger partial charge in [-0.15, -0.1) is 0 Å². The molecule has 3 nitrogen and oxygen atoms in total. The normalized spacial score (nSPS) is 33.0. The van der Waals surface area contributed by atoms with E-state index in [2.05, 4.69) is 10.1 Å². The average Bonchev–Trinajstić information content (AvgIpc) is 2.12. The molecule has 0 spiro atoms. The summed E-state index contributed by atoms with van der Waals surface area (Å²) in [6.45, 7) is -0.670. The maximum atomic E-state index is 12.1. The SMILES string of the molecule is O[C@]1(C(F)(F)F)CNCCOC1. The van der Waals surface area contributed by atoms with Crippen LogP contribution in [-0.2, 0) is 4.74 Å². The van der Waals surface area contributed by atoms with Gasteiger partial charge in [0.1, 0.15) is 0 Å². The molecule has 0 aromatic rings. The molecule has 0 aromatic heterocycles. The second kappa shape index (κ2) is 3.20. The maximum Gasteiger partial charge on any atom is 0.420 e. The Hall–Kier alpha value is -0.330. The van der Waals surface area contributed by atoms with Crippen LogP contribution in [0.25, 0.3) is 0 Å². The van der Waals surface area contributed by atoms with Crippen LogP contribution >= 0.6 is 0 Å². The molecule has 1 aliphatic heterocycles. The first-order chi connectivity index (χ1) is 5.46. The molecule has 0 saturated carbocycles. The smallest absolute Gasteiger partial charge is 0.378 e. The molecule has 0 aromatic carbocycles. The van der Waals surface area contributed by atoms with Crippen molar-refractivity contribution in [2.24, 2.45) is 0 Å². The van der Waals surface area contributed by atoms with Crippen LogP contribution in [-0.4, -0.2) is 43.2 Å². The number of hydrogen-bond acceptors (Lipinski definition) is 3. The first kappa shape index (κ1) is 9.76. The summed E-state index contributed by atoms with van der Waals surface area (Å²) in [4.78, 5) is 0. The van der Waals surface area contributed by atoms with Gasteiger partial charge in [0.25, 0.3) is 0 Å². The van der Waals surface area contributed by atoms with Crippen molar-refractivity contribution >= 4 is 0 Å². The Kier molecular flexibility index (Phi) is 2.60. The summed E-state index contributed by atoms with van der Waals surface area (Å²) < 4.78 is 41.0. The predicted octanol–water partition coefficient (Wildman–Crippen LogP) is -0.100. The third-order valence-electron chi connectivity index (χ3n) is 1.71. The molecule has 6 heteroatoms. The number of aliphatic hydroxyl groups is 1. The number of ether oxygens (including phenoxy) is 1. The molecule has 1 aliphatic rings. The first-order valence-corrected chi connectivity index (χ1v) is 3.53. The van der Waals surface area contributed by atoms with Gasteiger partial charge in [0, 0.05) is 13.1 Å². The Labute approximate surface area is 67.5 Å². The summed E-state index contributed by atoms with van der Waals surface area (Å²) in [6, 6.07) is 0. The van der Waals surface area contributed by atoms with Crippen molar-refractivity contribution in [3.05, 3.63) is 0 Å². The fourth-order valence-corrected chi connectivity index (χ4v) is 0.914. The highest BCUT2D eigenvalue weighted by Gasteiger charge is 2.54. The molecule has 0 bridgehead atoms. The minimum atomic E-state index is -4.63. The Bertz CT molecular complexity index is 151. The van der Waals surface area contributed by atoms with Crippen LogP contribution in [0.15, 0.2) is 0 Å². The number of rotatable bonds is 0. The summed E-state index contributed by atoms with van der Waals surface area (Å²) >= 11 is 0. The van der Waals surface area contributed by atoms with Crippen molar-refractivity contribution in [3.63, 3.8) is 0 Å². The van der Waals surface area contributed by atoms with Crippen molar-refractivity contribution in [1.82, 2.24) is 5.32 Å². The first-order valence-electron chi connectivity index (χ1n) is 3.53. The molecule has 0 radical (unpaired) electrons. The standard InChI is InChI=1S/C6H10F3NO2/c7-6(8,9)5(11)3-10-1-2-12-4-5/h10-11H,1-4H2/t5-/m1/s1. The third kappa shape index (κ3) is 1.88. The molecule has 2 N–H and O–H groups in total. The van der Waals surface area contributed by atoms with Crippen molar-refractivity contribution < 1.29 is 23.0 Å². The highest BCUT2D eigenvalue weighted by atomic mass is 19.4. The zero-order chi connectivity index (χ0) is 9.24. The Morgan fingerprint density at radius 3 is 2.67 bits per heavy atom. The summed E-state index contributed by atoms with van der Waals surface area (Å²) in [6.07, 6.45) is -4.63. The van der Waals surface area contributed by atoms with E-state index in [0.717, 1.165) is 0 Å². The van der Waals surface area contributed by atoms with Crippen LogP contribution in [0.4, 0.5) is 13.2 Å². The van der Waals surface area contributed by atoms with Crippen LogP contribution in [0.3, 0.4) is 0 Å². The van der Waals surface area contributed by atoms with E-state index in [-0.39, 0.29) is 6.61 Å². The van der Waals surface area contributed by atoms with Crippen molar-refractivity contribution in [1.29, 1.82) is 0 Å². The van der Waals surface area contributed by atoms with Gasteiger partial charge in [-0.25, -0.2) is 0 Å². The molecule has 12 heavy (non-hydrogen) atoms. The van der Waals surface area contributed by atoms with Gasteiger partial charge >= 0.3 is 6.18 Å². The fraction of sp³-hybridized carbons (Fsp3) is 1.00. The van der Waals surface area contributed by atoms with E-state index >= 15 is 0 Å². The molecule has 72 valence electrons. The minimum Gasteiger partial charge on any atom is -0.378 e. The molecule has 1 fully saturated rings. The van der Waals surface area contributed by atoms with E-state index in [1.807, 2.05) is 0 Å². The Balaban J connectivity index is 2.67. The van der Waals surface area contributed by atoms with Gasteiger partial charge in [-0.3, -0.25) is 0 Å². The Morgan fingerprint density at radius 1 is 1.42 bits per heavy atom. The molecule has 0 aliphatic carbocycles. The van der Waals surface area contributed by atoms with E-state index in [1.54, 1.807) is 0 Å². The predicted molar refractivity (Wildman–Crippen MR) is 34.7 cm³/mol. The van der Waals surface area contributed by atoms with Gasteiger partial charge in [-0.05, 0) is 0 Å². The van der Waals surface area contributed by atoms with E-state index < -0.39 is 24.9 Å². The number of halogens is 3. The van der Waals surface area contributed by atoms with Crippen molar-refractivity contribution in [2.45, 2.75) is 11.8 Å². The molecule has 1 atom stereocenters. The van der Waals surface area contributed by atoms with E-state index in [4.69, 9.17) is 5.11 Å².